The van der Waals surface area contributed by atoms with Gasteiger partial charge in [0.25, 0.3) is 0 Å². The minimum atomic E-state index is 0.117. The van der Waals surface area contributed by atoms with E-state index in [9.17, 15) is 0 Å². The van der Waals surface area contributed by atoms with Crippen molar-refractivity contribution in [3.05, 3.63) is 6.33 Å². The molecule has 1 heterocycles. The molecule has 1 atom stereocenters. The quantitative estimate of drug-likeness (QED) is 0.589. The van der Waals surface area contributed by atoms with Gasteiger partial charge in [-0.25, -0.2) is 9.97 Å². The second-order valence-corrected chi connectivity index (χ2v) is 2.72. The van der Waals surface area contributed by atoms with Gasteiger partial charge in [0.05, 0.1) is 0 Å². The summed E-state index contributed by atoms with van der Waals surface area (Å²) in [5, 5.41) is 11.6. The molecule has 6 heteroatoms. The van der Waals surface area contributed by atoms with E-state index in [1.54, 1.807) is 0 Å². The largest absolute Gasteiger partial charge is 0.396 e. The van der Waals surface area contributed by atoms with Gasteiger partial charge in [0.1, 0.15) is 6.33 Å². The van der Waals surface area contributed by atoms with Gasteiger partial charge in [0.2, 0.25) is 11.9 Å². The van der Waals surface area contributed by atoms with Crippen molar-refractivity contribution < 1.29 is 5.11 Å². The van der Waals surface area contributed by atoms with Crippen LogP contribution in [0.25, 0.3) is 0 Å². The predicted octanol–water partition coefficient (Wildman–Crippen LogP) is -0.363. The molecule has 6 nitrogen and oxygen atoms in total. The van der Waals surface area contributed by atoms with Crippen LogP contribution in [-0.4, -0.2) is 32.7 Å². The third kappa shape index (κ3) is 3.20. The molecule has 0 radical (unpaired) electrons. The first kappa shape index (κ1) is 9.66. The average Bonchev–Trinajstić information content (AvgIpc) is 2.04. The molecule has 1 aromatic heterocycles. The van der Waals surface area contributed by atoms with Crippen molar-refractivity contribution in [2.45, 2.75) is 19.4 Å². The maximum Gasteiger partial charge on any atom is 0.227 e. The number of hydrogen-bond acceptors (Lipinski definition) is 6. The summed E-state index contributed by atoms with van der Waals surface area (Å²) >= 11 is 0. The van der Waals surface area contributed by atoms with Gasteiger partial charge in [-0.2, -0.15) is 4.98 Å². The highest BCUT2D eigenvalue weighted by Crippen LogP contribution is 2.02. The number of hydrogen-bond donors (Lipinski definition) is 3. The zero-order valence-electron chi connectivity index (χ0n) is 7.44. The predicted molar refractivity (Wildman–Crippen MR) is 49.0 cm³/mol. The molecule has 0 spiro atoms. The molecule has 1 rings (SSSR count). The Labute approximate surface area is 76.2 Å². The highest BCUT2D eigenvalue weighted by molar-refractivity contribution is 5.29. The lowest BCUT2D eigenvalue weighted by atomic mass is 10.2. The number of nitrogens with two attached hydrogens (primary N) is 1. The second kappa shape index (κ2) is 4.56. The van der Waals surface area contributed by atoms with E-state index in [0.29, 0.717) is 12.4 Å². The lowest BCUT2D eigenvalue weighted by Gasteiger charge is -2.11. The van der Waals surface area contributed by atoms with Crippen LogP contribution in [0.4, 0.5) is 11.9 Å². The molecular formula is C7H13N5O. The monoisotopic (exact) mass is 183 g/mol. The van der Waals surface area contributed by atoms with Crippen LogP contribution in [0, 0.1) is 0 Å². The Hall–Kier alpha value is -1.43. The summed E-state index contributed by atoms with van der Waals surface area (Å²) in [5.74, 6) is 0.627. The average molecular weight is 183 g/mol. The maximum absolute atomic E-state index is 8.65. The standard InChI is InChI=1S/C7H13N5O/c1-5(2-3-13)11-7-10-4-9-6(8)12-7/h4-5,13H,2-3H2,1H3,(H3,8,9,10,11,12). The molecule has 13 heavy (non-hydrogen) atoms. The van der Waals surface area contributed by atoms with Crippen LogP contribution < -0.4 is 11.1 Å². The molecule has 0 aromatic carbocycles. The van der Waals surface area contributed by atoms with Gasteiger partial charge in [-0.05, 0) is 13.3 Å². The molecule has 0 aliphatic heterocycles. The van der Waals surface area contributed by atoms with E-state index in [2.05, 4.69) is 20.3 Å². The normalized spacial score (nSPS) is 12.5. The van der Waals surface area contributed by atoms with E-state index < -0.39 is 0 Å². The first-order valence-electron chi connectivity index (χ1n) is 4.04. The van der Waals surface area contributed by atoms with E-state index in [4.69, 9.17) is 10.8 Å². The fourth-order valence-corrected chi connectivity index (χ4v) is 0.865. The Bertz CT molecular complexity index is 267. The van der Waals surface area contributed by atoms with Crippen LogP contribution in [0.3, 0.4) is 0 Å². The van der Waals surface area contributed by atoms with Crippen LogP contribution in [0.5, 0.6) is 0 Å². The summed E-state index contributed by atoms with van der Waals surface area (Å²) in [6.45, 7) is 2.06. The number of rotatable bonds is 4. The van der Waals surface area contributed by atoms with Crippen LogP contribution in [-0.2, 0) is 0 Å². The molecule has 72 valence electrons. The van der Waals surface area contributed by atoms with Crippen LogP contribution in [0.1, 0.15) is 13.3 Å². The van der Waals surface area contributed by atoms with Crippen molar-refractivity contribution in [1.29, 1.82) is 0 Å². The summed E-state index contributed by atoms with van der Waals surface area (Å²) in [6, 6.07) is 0.117. The number of nitrogens with zero attached hydrogens (tertiary/aromatic N) is 3. The topological polar surface area (TPSA) is 97.0 Å². The Morgan fingerprint density at radius 3 is 3.00 bits per heavy atom. The van der Waals surface area contributed by atoms with Gasteiger partial charge in [-0.15, -0.1) is 0 Å². The Kier molecular flexibility index (Phi) is 3.39. The lowest BCUT2D eigenvalue weighted by Crippen LogP contribution is -2.18. The number of aliphatic hydroxyl groups is 1. The van der Waals surface area contributed by atoms with Crippen molar-refractivity contribution >= 4 is 11.9 Å². The summed E-state index contributed by atoms with van der Waals surface area (Å²) in [4.78, 5) is 11.4. The minimum Gasteiger partial charge on any atom is -0.396 e. The van der Waals surface area contributed by atoms with E-state index >= 15 is 0 Å². The number of aliphatic hydroxyl groups excluding tert-OH is 1. The van der Waals surface area contributed by atoms with Gasteiger partial charge >= 0.3 is 0 Å². The SMILES string of the molecule is CC(CCO)Nc1ncnc(N)n1. The molecule has 0 bridgehead atoms. The van der Waals surface area contributed by atoms with Crippen LogP contribution in [0.2, 0.25) is 0 Å². The molecule has 0 amide bonds. The Morgan fingerprint density at radius 1 is 1.62 bits per heavy atom. The highest BCUT2D eigenvalue weighted by Gasteiger charge is 2.02. The van der Waals surface area contributed by atoms with Crippen molar-refractivity contribution in [3.8, 4) is 0 Å². The minimum absolute atomic E-state index is 0.117. The number of nitrogens with one attached hydrogen (secondary N) is 1. The number of anilines is 2. The molecule has 0 aliphatic carbocycles. The lowest BCUT2D eigenvalue weighted by molar-refractivity contribution is 0.282. The van der Waals surface area contributed by atoms with Gasteiger partial charge < -0.3 is 16.2 Å². The molecule has 0 fully saturated rings. The second-order valence-electron chi connectivity index (χ2n) is 2.72. The van der Waals surface area contributed by atoms with Crippen molar-refractivity contribution in [3.63, 3.8) is 0 Å². The molecule has 0 saturated heterocycles. The van der Waals surface area contributed by atoms with Crippen LogP contribution >= 0.6 is 0 Å². The summed E-state index contributed by atoms with van der Waals surface area (Å²) in [7, 11) is 0. The molecule has 4 N–H and O–H groups in total. The molecule has 1 unspecified atom stereocenters. The molecule has 0 saturated carbocycles. The summed E-state index contributed by atoms with van der Waals surface area (Å²) in [5.41, 5.74) is 5.36. The summed E-state index contributed by atoms with van der Waals surface area (Å²) < 4.78 is 0. The zero-order chi connectivity index (χ0) is 9.68. The van der Waals surface area contributed by atoms with E-state index in [-0.39, 0.29) is 18.6 Å². The molecule has 0 aliphatic rings. The number of nitrogen functional groups attached to an aromatic ring is 1. The maximum atomic E-state index is 8.65. The summed E-state index contributed by atoms with van der Waals surface area (Å²) in [6.07, 6.45) is 1.99. The van der Waals surface area contributed by atoms with Crippen molar-refractivity contribution in [2.24, 2.45) is 0 Å². The van der Waals surface area contributed by atoms with E-state index in [0.717, 1.165) is 0 Å². The first-order valence-corrected chi connectivity index (χ1v) is 4.04. The fourth-order valence-electron chi connectivity index (χ4n) is 0.865. The van der Waals surface area contributed by atoms with E-state index in [1.165, 1.54) is 6.33 Å². The third-order valence-electron chi connectivity index (χ3n) is 1.53. The van der Waals surface area contributed by atoms with Gasteiger partial charge in [0, 0.05) is 12.6 Å². The smallest absolute Gasteiger partial charge is 0.227 e. The number of aromatic nitrogens is 3. The zero-order valence-corrected chi connectivity index (χ0v) is 7.44. The van der Waals surface area contributed by atoms with Crippen LogP contribution in [0.15, 0.2) is 6.33 Å². The van der Waals surface area contributed by atoms with E-state index in [1.807, 2.05) is 6.92 Å². The highest BCUT2D eigenvalue weighted by atomic mass is 16.3. The molecule has 1 aromatic rings. The fraction of sp³-hybridized carbons (Fsp3) is 0.571. The van der Waals surface area contributed by atoms with Crippen molar-refractivity contribution in [2.75, 3.05) is 17.7 Å². The molecular weight excluding hydrogens is 170 g/mol. The van der Waals surface area contributed by atoms with Crippen molar-refractivity contribution in [1.82, 2.24) is 15.0 Å². The van der Waals surface area contributed by atoms with Gasteiger partial charge in [-0.1, -0.05) is 0 Å². The first-order chi connectivity index (χ1) is 6.22. The van der Waals surface area contributed by atoms with Gasteiger partial charge in [0.15, 0.2) is 0 Å². The van der Waals surface area contributed by atoms with Gasteiger partial charge in [-0.3, -0.25) is 0 Å². The third-order valence-corrected chi connectivity index (χ3v) is 1.53. The Balaban J connectivity index is 2.53. The Morgan fingerprint density at radius 2 is 2.38 bits per heavy atom.